The van der Waals surface area contributed by atoms with E-state index in [1.54, 1.807) is 31.5 Å². The molecule has 0 radical (unpaired) electrons. The lowest BCUT2D eigenvalue weighted by atomic mass is 10.1. The second kappa shape index (κ2) is 7.74. The Hall–Kier alpha value is -2.67. The summed E-state index contributed by atoms with van der Waals surface area (Å²) >= 11 is 1.17. The number of carbonyl (C=O) groups excluding carboxylic acids is 1. The number of ether oxygens (including phenoxy) is 1. The van der Waals surface area contributed by atoms with Gasteiger partial charge in [0.2, 0.25) is 5.89 Å². The third kappa shape index (κ3) is 3.80. The number of benzene rings is 1. The Morgan fingerprint density at radius 2 is 1.92 bits per heavy atom. The molecule has 0 N–H and O–H groups in total. The number of hydrogen-bond donors (Lipinski definition) is 0. The summed E-state index contributed by atoms with van der Waals surface area (Å²) < 4.78 is 10.8. The fourth-order valence-electron chi connectivity index (χ4n) is 2.07. The van der Waals surface area contributed by atoms with E-state index in [1.165, 1.54) is 11.8 Å². The van der Waals surface area contributed by atoms with E-state index in [2.05, 4.69) is 15.2 Å². The first-order valence-corrected chi connectivity index (χ1v) is 8.28. The standard InChI is InChI=1S/C17H15N3O3S/c1-2-22-16(21)14(12-6-4-3-5-7-12)24-17-20-19-15(23-17)13-8-10-18-11-9-13/h3-11,14H,2H2,1H3. The highest BCUT2D eigenvalue weighted by atomic mass is 32.2. The normalized spacial score (nSPS) is 11.9. The average molecular weight is 341 g/mol. The summed E-state index contributed by atoms with van der Waals surface area (Å²) in [7, 11) is 0. The molecule has 24 heavy (non-hydrogen) atoms. The van der Waals surface area contributed by atoms with Gasteiger partial charge in [-0.15, -0.1) is 10.2 Å². The highest BCUT2D eigenvalue weighted by molar-refractivity contribution is 8.00. The zero-order valence-electron chi connectivity index (χ0n) is 13.0. The van der Waals surface area contributed by atoms with Crippen LogP contribution in [0.15, 0.2) is 64.5 Å². The first kappa shape index (κ1) is 16.2. The van der Waals surface area contributed by atoms with E-state index in [0.29, 0.717) is 17.7 Å². The lowest BCUT2D eigenvalue weighted by molar-refractivity contribution is -0.142. The van der Waals surface area contributed by atoms with Crippen LogP contribution in [0.5, 0.6) is 0 Å². The van der Waals surface area contributed by atoms with Crippen molar-refractivity contribution in [2.24, 2.45) is 0 Å². The van der Waals surface area contributed by atoms with Crippen LogP contribution in [0.3, 0.4) is 0 Å². The number of aromatic nitrogens is 3. The molecule has 0 amide bonds. The number of rotatable bonds is 6. The van der Waals surface area contributed by atoms with Crippen molar-refractivity contribution in [2.45, 2.75) is 17.4 Å². The monoisotopic (exact) mass is 341 g/mol. The molecule has 0 fully saturated rings. The number of hydrogen-bond acceptors (Lipinski definition) is 7. The minimum absolute atomic E-state index is 0.309. The molecule has 0 aliphatic heterocycles. The van der Waals surface area contributed by atoms with Crippen LogP contribution in [0.1, 0.15) is 17.7 Å². The van der Waals surface area contributed by atoms with Gasteiger partial charge in [0, 0.05) is 18.0 Å². The van der Waals surface area contributed by atoms with E-state index >= 15 is 0 Å². The van der Waals surface area contributed by atoms with Crippen molar-refractivity contribution in [2.75, 3.05) is 6.61 Å². The van der Waals surface area contributed by atoms with Crippen molar-refractivity contribution < 1.29 is 13.9 Å². The number of esters is 1. The highest BCUT2D eigenvalue weighted by Gasteiger charge is 2.26. The molecular weight excluding hydrogens is 326 g/mol. The van der Waals surface area contributed by atoms with E-state index in [1.807, 2.05) is 30.3 Å². The first-order chi connectivity index (χ1) is 11.8. The molecule has 1 aromatic carbocycles. The van der Waals surface area contributed by atoms with Gasteiger partial charge in [0.15, 0.2) is 0 Å². The molecule has 6 nitrogen and oxygen atoms in total. The van der Waals surface area contributed by atoms with Gasteiger partial charge in [0.25, 0.3) is 5.22 Å². The molecule has 0 aliphatic rings. The van der Waals surface area contributed by atoms with Gasteiger partial charge < -0.3 is 9.15 Å². The third-order valence-corrected chi connectivity index (χ3v) is 4.22. The van der Waals surface area contributed by atoms with Crippen molar-refractivity contribution in [3.05, 3.63) is 60.4 Å². The smallest absolute Gasteiger partial charge is 0.324 e. The minimum atomic E-state index is -0.558. The Kier molecular flexibility index (Phi) is 5.22. The van der Waals surface area contributed by atoms with Crippen molar-refractivity contribution >= 4 is 17.7 Å². The predicted octanol–water partition coefficient (Wildman–Crippen LogP) is 3.53. The maximum atomic E-state index is 12.3. The second-order valence-electron chi connectivity index (χ2n) is 4.77. The Labute approximate surface area is 143 Å². The van der Waals surface area contributed by atoms with Gasteiger partial charge in [-0.2, -0.15) is 0 Å². The zero-order chi connectivity index (χ0) is 16.8. The molecule has 122 valence electrons. The molecule has 1 unspecified atom stereocenters. The maximum absolute atomic E-state index is 12.3. The second-order valence-corrected chi connectivity index (χ2v) is 5.83. The summed E-state index contributed by atoms with van der Waals surface area (Å²) in [5, 5.41) is 7.79. The van der Waals surface area contributed by atoms with E-state index in [9.17, 15) is 4.79 Å². The largest absolute Gasteiger partial charge is 0.465 e. The quantitative estimate of drug-likeness (QED) is 0.501. The fourth-order valence-corrected chi connectivity index (χ4v) is 2.94. The fraction of sp³-hybridized carbons (Fsp3) is 0.176. The van der Waals surface area contributed by atoms with E-state index < -0.39 is 5.25 Å². The van der Waals surface area contributed by atoms with Crippen LogP contribution in [0.2, 0.25) is 0 Å². The van der Waals surface area contributed by atoms with Crippen LogP contribution < -0.4 is 0 Å². The van der Waals surface area contributed by atoms with Gasteiger partial charge in [-0.1, -0.05) is 30.3 Å². The van der Waals surface area contributed by atoms with Crippen LogP contribution in [0.25, 0.3) is 11.5 Å². The Morgan fingerprint density at radius 1 is 1.17 bits per heavy atom. The Bertz CT molecular complexity index is 793. The predicted molar refractivity (Wildman–Crippen MR) is 89.2 cm³/mol. The van der Waals surface area contributed by atoms with Crippen molar-refractivity contribution in [3.8, 4) is 11.5 Å². The Morgan fingerprint density at radius 3 is 2.62 bits per heavy atom. The van der Waals surface area contributed by atoms with Gasteiger partial charge in [0.05, 0.1) is 6.61 Å². The first-order valence-electron chi connectivity index (χ1n) is 7.40. The minimum Gasteiger partial charge on any atom is -0.465 e. The summed E-state index contributed by atoms with van der Waals surface area (Å²) in [5.41, 5.74) is 1.60. The summed E-state index contributed by atoms with van der Waals surface area (Å²) in [5.74, 6) is 0.0490. The maximum Gasteiger partial charge on any atom is 0.324 e. The van der Waals surface area contributed by atoms with E-state index in [-0.39, 0.29) is 5.97 Å². The molecule has 0 bridgehead atoms. The summed E-state index contributed by atoms with van der Waals surface area (Å²) in [6, 6.07) is 12.9. The van der Waals surface area contributed by atoms with Crippen molar-refractivity contribution in [3.63, 3.8) is 0 Å². The van der Waals surface area contributed by atoms with Gasteiger partial charge in [0.1, 0.15) is 5.25 Å². The molecule has 0 saturated heterocycles. The third-order valence-electron chi connectivity index (χ3n) is 3.16. The summed E-state index contributed by atoms with van der Waals surface area (Å²) in [6.45, 7) is 2.09. The van der Waals surface area contributed by atoms with Gasteiger partial charge in [-0.25, -0.2) is 0 Å². The highest BCUT2D eigenvalue weighted by Crippen LogP contribution is 2.36. The molecule has 0 aliphatic carbocycles. The van der Waals surface area contributed by atoms with E-state index in [0.717, 1.165) is 11.1 Å². The van der Waals surface area contributed by atoms with E-state index in [4.69, 9.17) is 9.15 Å². The molecule has 0 spiro atoms. The van der Waals surface area contributed by atoms with Crippen LogP contribution >= 0.6 is 11.8 Å². The topological polar surface area (TPSA) is 78.1 Å². The summed E-state index contributed by atoms with van der Waals surface area (Å²) in [6.07, 6.45) is 3.30. The molecule has 1 atom stereocenters. The molecule has 7 heteroatoms. The van der Waals surface area contributed by atoms with Crippen LogP contribution in [-0.4, -0.2) is 27.8 Å². The Balaban J connectivity index is 1.83. The lowest BCUT2D eigenvalue weighted by Crippen LogP contribution is -2.13. The van der Waals surface area contributed by atoms with Gasteiger partial charge in [-0.3, -0.25) is 9.78 Å². The van der Waals surface area contributed by atoms with Gasteiger partial charge in [-0.05, 0) is 36.4 Å². The lowest BCUT2D eigenvalue weighted by Gasteiger charge is -2.13. The van der Waals surface area contributed by atoms with Crippen LogP contribution in [0, 0.1) is 0 Å². The van der Waals surface area contributed by atoms with Crippen LogP contribution in [0.4, 0.5) is 0 Å². The number of pyridine rings is 1. The summed E-state index contributed by atoms with van der Waals surface area (Å²) in [4.78, 5) is 16.2. The number of carbonyl (C=O) groups is 1. The molecule has 3 aromatic rings. The van der Waals surface area contributed by atoms with Crippen LogP contribution in [-0.2, 0) is 9.53 Å². The zero-order valence-corrected chi connectivity index (χ0v) is 13.8. The molecule has 0 saturated carbocycles. The number of nitrogens with zero attached hydrogens (tertiary/aromatic N) is 3. The molecule has 3 rings (SSSR count). The van der Waals surface area contributed by atoms with Crippen molar-refractivity contribution in [1.82, 2.24) is 15.2 Å². The number of thioether (sulfide) groups is 1. The molecule has 2 heterocycles. The average Bonchev–Trinajstić information content (AvgIpc) is 3.10. The van der Waals surface area contributed by atoms with Crippen molar-refractivity contribution in [1.29, 1.82) is 0 Å². The van der Waals surface area contributed by atoms with Gasteiger partial charge >= 0.3 is 5.97 Å². The SMILES string of the molecule is CCOC(=O)C(Sc1nnc(-c2ccncc2)o1)c1ccccc1. The molecular formula is C17H15N3O3S. The molecule has 2 aromatic heterocycles.